The molecule has 1 aromatic carbocycles. The van der Waals surface area contributed by atoms with Crippen molar-refractivity contribution in [1.82, 2.24) is 10.2 Å². The summed E-state index contributed by atoms with van der Waals surface area (Å²) in [5.41, 5.74) is 0.946. The lowest BCUT2D eigenvalue weighted by Gasteiger charge is -2.21. The van der Waals surface area contributed by atoms with Gasteiger partial charge in [0.05, 0.1) is 6.04 Å². The topological polar surface area (TPSA) is 32.3 Å². The van der Waals surface area contributed by atoms with E-state index in [-0.39, 0.29) is 24.4 Å². The van der Waals surface area contributed by atoms with Gasteiger partial charge in [0.25, 0.3) is 0 Å². The maximum absolute atomic E-state index is 12.1. The Kier molecular flexibility index (Phi) is 6.40. The maximum atomic E-state index is 12.1. The van der Waals surface area contributed by atoms with Gasteiger partial charge >= 0.3 is 0 Å². The van der Waals surface area contributed by atoms with Crippen molar-refractivity contribution >= 4 is 41.5 Å². The molecule has 1 aliphatic rings. The summed E-state index contributed by atoms with van der Waals surface area (Å²) >= 11 is 11.9. The maximum Gasteiger partial charge on any atom is 0.239 e. The minimum atomic E-state index is -0.0374. The van der Waals surface area contributed by atoms with Crippen molar-refractivity contribution in [3.63, 3.8) is 0 Å². The fourth-order valence-electron chi connectivity index (χ4n) is 2.22. The van der Waals surface area contributed by atoms with Gasteiger partial charge in [0, 0.05) is 23.6 Å². The lowest BCUT2D eigenvalue weighted by atomic mass is 10.1. The molecule has 2 rings (SSSR count). The Morgan fingerprint density at radius 1 is 1.37 bits per heavy atom. The van der Waals surface area contributed by atoms with E-state index in [9.17, 15) is 4.79 Å². The van der Waals surface area contributed by atoms with E-state index in [0.29, 0.717) is 16.6 Å². The Morgan fingerprint density at radius 2 is 2.00 bits per heavy atom. The Morgan fingerprint density at radius 3 is 2.53 bits per heavy atom. The second-order valence-corrected chi connectivity index (χ2v) is 5.49. The van der Waals surface area contributed by atoms with Gasteiger partial charge in [0.1, 0.15) is 0 Å². The van der Waals surface area contributed by atoms with E-state index in [1.54, 1.807) is 18.0 Å². The van der Waals surface area contributed by atoms with Gasteiger partial charge < -0.3 is 10.2 Å². The number of halogens is 3. The molecule has 0 spiro atoms. The summed E-state index contributed by atoms with van der Waals surface area (Å²) in [5, 5.41) is 4.39. The number of carbonyl (C=O) groups excluding carboxylic acids is 1. The predicted octanol–water partition coefficient (Wildman–Crippen LogP) is 3.13. The molecule has 0 aromatic heterocycles. The minimum Gasteiger partial charge on any atom is -0.340 e. The first kappa shape index (κ1) is 16.6. The third-order valence-corrected chi connectivity index (χ3v) is 3.51. The lowest BCUT2D eigenvalue weighted by Crippen LogP contribution is -2.41. The number of benzene rings is 1. The largest absolute Gasteiger partial charge is 0.340 e. The van der Waals surface area contributed by atoms with Crippen LogP contribution in [-0.4, -0.2) is 30.4 Å². The molecule has 3 nitrogen and oxygen atoms in total. The number of likely N-dealkylation sites (N-methyl/N-ethyl adjacent to an activating group) is 1. The molecule has 1 atom stereocenters. The Hall–Kier alpha value is -0.480. The van der Waals surface area contributed by atoms with Crippen molar-refractivity contribution in [3.05, 3.63) is 33.8 Å². The molecule has 1 fully saturated rings. The van der Waals surface area contributed by atoms with E-state index in [4.69, 9.17) is 23.2 Å². The smallest absolute Gasteiger partial charge is 0.239 e. The van der Waals surface area contributed by atoms with Crippen LogP contribution in [0.4, 0.5) is 0 Å². The van der Waals surface area contributed by atoms with Gasteiger partial charge in [0.15, 0.2) is 0 Å². The summed E-state index contributed by atoms with van der Waals surface area (Å²) < 4.78 is 0. The van der Waals surface area contributed by atoms with Crippen LogP contribution < -0.4 is 5.32 Å². The summed E-state index contributed by atoms with van der Waals surface area (Å²) in [7, 11) is 1.80. The highest BCUT2D eigenvalue weighted by Crippen LogP contribution is 2.20. The quantitative estimate of drug-likeness (QED) is 0.927. The first-order valence-corrected chi connectivity index (χ1v) is 6.75. The van der Waals surface area contributed by atoms with Crippen LogP contribution >= 0.6 is 35.6 Å². The van der Waals surface area contributed by atoms with Crippen LogP contribution in [0.5, 0.6) is 0 Å². The summed E-state index contributed by atoms with van der Waals surface area (Å²) in [4.78, 5) is 13.8. The molecular formula is C13H17Cl3N2O. The summed E-state index contributed by atoms with van der Waals surface area (Å²) in [6.45, 7) is 1.45. The number of rotatable bonds is 3. The summed E-state index contributed by atoms with van der Waals surface area (Å²) in [5.74, 6) is 0.128. The minimum absolute atomic E-state index is 0. The van der Waals surface area contributed by atoms with E-state index in [1.165, 1.54) is 0 Å². The average Bonchev–Trinajstić information content (AvgIpc) is 2.79. The van der Waals surface area contributed by atoms with Gasteiger partial charge in [-0.1, -0.05) is 23.2 Å². The normalized spacial score (nSPS) is 17.9. The molecule has 1 saturated heterocycles. The van der Waals surface area contributed by atoms with Crippen LogP contribution in [0, 0.1) is 0 Å². The van der Waals surface area contributed by atoms with Crippen molar-refractivity contribution in [2.75, 3.05) is 13.6 Å². The Bertz CT molecular complexity index is 427. The first-order chi connectivity index (χ1) is 8.56. The van der Waals surface area contributed by atoms with Crippen LogP contribution in [0.3, 0.4) is 0 Å². The fraction of sp³-hybridized carbons (Fsp3) is 0.462. The molecule has 0 unspecified atom stereocenters. The van der Waals surface area contributed by atoms with Crippen LogP contribution in [-0.2, 0) is 11.3 Å². The standard InChI is InChI=1S/C13H16Cl2N2O.ClH/c1-17(13(18)12-3-2-4-16-12)8-9-5-10(14)7-11(15)6-9;/h5-7,12,16H,2-4,8H2,1H3;1H/t12-;/m0./s1. The highest BCUT2D eigenvalue weighted by molar-refractivity contribution is 6.34. The number of amides is 1. The molecule has 6 heteroatoms. The molecule has 1 aliphatic heterocycles. The van der Waals surface area contributed by atoms with Gasteiger partial charge in [-0.3, -0.25) is 4.79 Å². The third-order valence-electron chi connectivity index (χ3n) is 3.08. The molecule has 0 radical (unpaired) electrons. The SMILES string of the molecule is CN(Cc1cc(Cl)cc(Cl)c1)C(=O)[C@@H]1CCCN1.Cl. The molecule has 0 saturated carbocycles. The molecular weight excluding hydrogens is 307 g/mol. The summed E-state index contributed by atoms with van der Waals surface area (Å²) in [6.07, 6.45) is 1.98. The van der Waals surface area contributed by atoms with Crippen LogP contribution in [0.25, 0.3) is 0 Å². The molecule has 1 N–H and O–H groups in total. The van der Waals surface area contributed by atoms with E-state index in [2.05, 4.69) is 5.32 Å². The van der Waals surface area contributed by atoms with E-state index in [0.717, 1.165) is 24.9 Å². The fourth-order valence-corrected chi connectivity index (χ4v) is 2.79. The zero-order valence-electron chi connectivity index (χ0n) is 10.7. The van der Waals surface area contributed by atoms with E-state index < -0.39 is 0 Å². The highest BCUT2D eigenvalue weighted by Gasteiger charge is 2.24. The van der Waals surface area contributed by atoms with Crippen molar-refractivity contribution < 1.29 is 4.79 Å². The lowest BCUT2D eigenvalue weighted by molar-refractivity contribution is -0.132. The third kappa shape index (κ3) is 4.53. The molecule has 19 heavy (non-hydrogen) atoms. The van der Waals surface area contributed by atoms with E-state index in [1.807, 2.05) is 12.1 Å². The second kappa shape index (κ2) is 7.34. The number of hydrogen-bond donors (Lipinski definition) is 1. The molecule has 0 aliphatic carbocycles. The number of nitrogens with one attached hydrogen (secondary N) is 1. The van der Waals surface area contributed by atoms with Crippen molar-refractivity contribution in [3.8, 4) is 0 Å². The number of carbonyl (C=O) groups is 1. The molecule has 1 heterocycles. The van der Waals surface area contributed by atoms with Gasteiger partial charge in [-0.05, 0) is 43.1 Å². The second-order valence-electron chi connectivity index (χ2n) is 4.62. The monoisotopic (exact) mass is 322 g/mol. The van der Waals surface area contributed by atoms with Gasteiger partial charge in [-0.2, -0.15) is 0 Å². The summed E-state index contributed by atoms with van der Waals surface area (Å²) in [6, 6.07) is 5.32. The van der Waals surface area contributed by atoms with Crippen LogP contribution in [0.15, 0.2) is 18.2 Å². The predicted molar refractivity (Wildman–Crippen MR) is 81.2 cm³/mol. The van der Waals surface area contributed by atoms with E-state index >= 15 is 0 Å². The number of nitrogens with zero attached hydrogens (tertiary/aromatic N) is 1. The Labute approximate surface area is 129 Å². The van der Waals surface area contributed by atoms with Crippen LogP contribution in [0.2, 0.25) is 10.0 Å². The Balaban J connectivity index is 0.00000180. The molecule has 1 aromatic rings. The first-order valence-electron chi connectivity index (χ1n) is 5.99. The van der Waals surface area contributed by atoms with Crippen LogP contribution in [0.1, 0.15) is 18.4 Å². The molecule has 0 bridgehead atoms. The van der Waals surface area contributed by atoms with Crippen molar-refractivity contribution in [1.29, 1.82) is 0 Å². The average molecular weight is 324 g/mol. The highest BCUT2D eigenvalue weighted by atomic mass is 35.5. The van der Waals surface area contributed by atoms with Gasteiger partial charge in [-0.15, -0.1) is 12.4 Å². The zero-order chi connectivity index (χ0) is 13.1. The van der Waals surface area contributed by atoms with Crippen molar-refractivity contribution in [2.45, 2.75) is 25.4 Å². The zero-order valence-corrected chi connectivity index (χ0v) is 13.0. The van der Waals surface area contributed by atoms with Gasteiger partial charge in [-0.25, -0.2) is 0 Å². The van der Waals surface area contributed by atoms with Gasteiger partial charge in [0.2, 0.25) is 5.91 Å². The molecule has 106 valence electrons. The number of hydrogen-bond acceptors (Lipinski definition) is 2. The molecule has 1 amide bonds. The van der Waals surface area contributed by atoms with Crippen molar-refractivity contribution in [2.24, 2.45) is 0 Å².